The first-order valence-electron chi connectivity index (χ1n) is 10.5. The summed E-state index contributed by atoms with van der Waals surface area (Å²) in [4.78, 5) is 20.8. The molecule has 2 aromatic carbocycles. The lowest BCUT2D eigenvalue weighted by atomic mass is 10.1. The van der Waals surface area contributed by atoms with Crippen LogP contribution in [0.1, 0.15) is 21.5 Å². The number of ether oxygens (including phenoxy) is 3. The van der Waals surface area contributed by atoms with Gasteiger partial charge in [-0.3, -0.25) is 14.6 Å². The van der Waals surface area contributed by atoms with Crippen LogP contribution in [0.15, 0.2) is 39.8 Å². The van der Waals surface area contributed by atoms with Crippen LogP contribution in [0.5, 0.6) is 17.2 Å². The third kappa shape index (κ3) is 5.95. The number of halogens is 1. The second-order valence-corrected chi connectivity index (χ2v) is 8.51. The average Bonchev–Trinajstić information content (AvgIpc) is 2.80. The van der Waals surface area contributed by atoms with E-state index in [1.54, 1.807) is 33.5 Å². The third-order valence-corrected chi connectivity index (χ3v) is 6.35. The van der Waals surface area contributed by atoms with Crippen LogP contribution in [0.4, 0.5) is 0 Å². The van der Waals surface area contributed by atoms with Gasteiger partial charge in [0.2, 0.25) is 5.75 Å². The van der Waals surface area contributed by atoms with E-state index in [0.717, 1.165) is 48.3 Å². The number of benzene rings is 2. The van der Waals surface area contributed by atoms with Crippen LogP contribution in [0, 0.1) is 0 Å². The zero-order chi connectivity index (χ0) is 24.0. The molecule has 0 aromatic heterocycles. The molecule has 0 aliphatic carbocycles. The standard InChI is InChI=1S/C23H30BrN5O4/c1-31-19-8-7-15(20(32-2)21(19)33-3)13-28-9-11-29(12-10-28)14-17-16(5-4-6-18(17)24)22(30)27-23(25)26/h4-8H,9-14H2,1-3H3,(H4,25,26,27,30). The molecule has 1 heterocycles. The molecule has 1 saturated heterocycles. The van der Waals surface area contributed by atoms with E-state index in [2.05, 4.69) is 30.7 Å². The summed E-state index contributed by atoms with van der Waals surface area (Å²) in [5.41, 5.74) is 13.2. The smallest absolute Gasteiger partial charge is 0.280 e. The lowest BCUT2D eigenvalue weighted by molar-refractivity contribution is 0.0996. The van der Waals surface area contributed by atoms with Gasteiger partial charge in [-0.2, -0.15) is 4.99 Å². The van der Waals surface area contributed by atoms with Crippen LogP contribution >= 0.6 is 15.9 Å². The Morgan fingerprint density at radius 1 is 0.939 bits per heavy atom. The fourth-order valence-electron chi connectivity index (χ4n) is 3.95. The molecule has 1 aliphatic rings. The summed E-state index contributed by atoms with van der Waals surface area (Å²) in [7, 11) is 4.85. The van der Waals surface area contributed by atoms with Crippen LogP contribution in [0.3, 0.4) is 0 Å². The maximum Gasteiger partial charge on any atom is 0.280 e. The van der Waals surface area contributed by atoms with E-state index >= 15 is 0 Å². The minimum atomic E-state index is -0.439. The fourth-order valence-corrected chi connectivity index (χ4v) is 4.45. The van der Waals surface area contributed by atoms with Crippen molar-refractivity contribution in [1.29, 1.82) is 0 Å². The van der Waals surface area contributed by atoms with Crippen molar-refractivity contribution in [3.05, 3.63) is 51.5 Å². The van der Waals surface area contributed by atoms with Crippen LogP contribution < -0.4 is 25.7 Å². The van der Waals surface area contributed by atoms with Crippen molar-refractivity contribution in [3.8, 4) is 17.2 Å². The molecule has 0 atom stereocenters. The molecule has 1 amide bonds. The van der Waals surface area contributed by atoms with Crippen molar-refractivity contribution in [2.75, 3.05) is 47.5 Å². The first kappa shape index (κ1) is 24.8. The number of hydrogen-bond donors (Lipinski definition) is 2. The molecule has 0 bridgehead atoms. The van der Waals surface area contributed by atoms with Gasteiger partial charge in [0, 0.05) is 54.9 Å². The van der Waals surface area contributed by atoms with Crippen LogP contribution in [-0.4, -0.2) is 69.2 Å². The Morgan fingerprint density at radius 3 is 2.15 bits per heavy atom. The lowest BCUT2D eigenvalue weighted by Gasteiger charge is -2.35. The van der Waals surface area contributed by atoms with Gasteiger partial charge in [-0.15, -0.1) is 0 Å². The molecule has 3 rings (SSSR count). The maximum atomic E-state index is 12.5. The van der Waals surface area contributed by atoms with Gasteiger partial charge in [0.25, 0.3) is 5.91 Å². The summed E-state index contributed by atoms with van der Waals surface area (Å²) in [5, 5.41) is 0. The van der Waals surface area contributed by atoms with Gasteiger partial charge in [-0.25, -0.2) is 0 Å². The van der Waals surface area contributed by atoms with E-state index in [1.165, 1.54) is 0 Å². The van der Waals surface area contributed by atoms with Gasteiger partial charge < -0.3 is 25.7 Å². The average molecular weight is 520 g/mol. The van der Waals surface area contributed by atoms with E-state index in [4.69, 9.17) is 25.7 Å². The Morgan fingerprint density at radius 2 is 1.58 bits per heavy atom. The number of carbonyl (C=O) groups excluding carboxylic acids is 1. The minimum absolute atomic E-state index is 0.245. The highest BCUT2D eigenvalue weighted by atomic mass is 79.9. The number of rotatable bonds is 8. The summed E-state index contributed by atoms with van der Waals surface area (Å²) >= 11 is 3.57. The van der Waals surface area contributed by atoms with Crippen molar-refractivity contribution in [2.24, 2.45) is 16.5 Å². The number of aliphatic imine (C=N–C) groups is 1. The van der Waals surface area contributed by atoms with Gasteiger partial charge in [-0.05, 0) is 23.8 Å². The quantitative estimate of drug-likeness (QED) is 0.402. The van der Waals surface area contributed by atoms with Crippen molar-refractivity contribution in [1.82, 2.24) is 9.80 Å². The van der Waals surface area contributed by atoms with Crippen LogP contribution in [0.25, 0.3) is 0 Å². The molecule has 10 heteroatoms. The number of methoxy groups -OCH3 is 3. The largest absolute Gasteiger partial charge is 0.493 e. The van der Waals surface area contributed by atoms with Crippen molar-refractivity contribution in [3.63, 3.8) is 0 Å². The molecule has 0 radical (unpaired) electrons. The molecule has 9 nitrogen and oxygen atoms in total. The monoisotopic (exact) mass is 519 g/mol. The SMILES string of the molecule is COc1ccc(CN2CCN(Cc3c(Br)cccc3C(=O)N=C(N)N)CC2)c(OC)c1OC. The maximum absolute atomic E-state index is 12.5. The van der Waals surface area contributed by atoms with Crippen LogP contribution in [-0.2, 0) is 13.1 Å². The van der Waals surface area contributed by atoms with Crippen molar-refractivity contribution in [2.45, 2.75) is 13.1 Å². The number of nitrogens with zero attached hydrogens (tertiary/aromatic N) is 3. The Bertz CT molecular complexity index is 1020. The molecule has 2 aromatic rings. The van der Waals surface area contributed by atoms with Crippen molar-refractivity contribution < 1.29 is 19.0 Å². The van der Waals surface area contributed by atoms with Gasteiger partial charge in [0.15, 0.2) is 17.5 Å². The summed E-state index contributed by atoms with van der Waals surface area (Å²) in [5.74, 6) is 1.25. The molecule has 1 fully saturated rings. The normalized spacial score (nSPS) is 14.5. The number of piperazine rings is 1. The highest BCUT2D eigenvalue weighted by Gasteiger charge is 2.23. The molecule has 0 unspecified atom stereocenters. The minimum Gasteiger partial charge on any atom is -0.493 e. The summed E-state index contributed by atoms with van der Waals surface area (Å²) in [6.45, 7) is 4.81. The van der Waals surface area contributed by atoms with Gasteiger partial charge in [0.05, 0.1) is 21.3 Å². The molecule has 4 N–H and O–H groups in total. The lowest BCUT2D eigenvalue weighted by Crippen LogP contribution is -2.45. The Balaban J connectivity index is 1.68. The predicted molar refractivity (Wildman–Crippen MR) is 131 cm³/mol. The highest BCUT2D eigenvalue weighted by molar-refractivity contribution is 9.10. The van der Waals surface area contributed by atoms with Crippen LogP contribution in [0.2, 0.25) is 0 Å². The number of hydrogen-bond acceptors (Lipinski definition) is 6. The molecule has 0 saturated carbocycles. The van der Waals surface area contributed by atoms with E-state index in [0.29, 0.717) is 29.4 Å². The summed E-state index contributed by atoms with van der Waals surface area (Å²) < 4.78 is 17.4. The predicted octanol–water partition coefficient (Wildman–Crippen LogP) is 2.21. The van der Waals surface area contributed by atoms with E-state index in [1.807, 2.05) is 18.2 Å². The Hall–Kier alpha value is -2.82. The van der Waals surface area contributed by atoms with Gasteiger partial charge in [0.1, 0.15) is 0 Å². The molecular formula is C23H30BrN5O4. The molecule has 178 valence electrons. The topological polar surface area (TPSA) is 116 Å². The molecular weight excluding hydrogens is 490 g/mol. The fraction of sp³-hybridized carbons (Fsp3) is 0.391. The third-order valence-electron chi connectivity index (χ3n) is 5.61. The second-order valence-electron chi connectivity index (χ2n) is 7.65. The van der Waals surface area contributed by atoms with E-state index < -0.39 is 5.91 Å². The first-order chi connectivity index (χ1) is 15.9. The number of nitrogens with two attached hydrogens (primary N) is 2. The Kier molecular flexibility index (Phi) is 8.54. The van der Waals surface area contributed by atoms with E-state index in [-0.39, 0.29) is 5.96 Å². The molecule has 1 aliphatic heterocycles. The molecule has 33 heavy (non-hydrogen) atoms. The number of guanidine groups is 1. The summed E-state index contributed by atoms with van der Waals surface area (Å²) in [6, 6.07) is 9.37. The summed E-state index contributed by atoms with van der Waals surface area (Å²) in [6.07, 6.45) is 0. The number of carbonyl (C=O) groups is 1. The van der Waals surface area contributed by atoms with Gasteiger partial charge in [-0.1, -0.05) is 28.1 Å². The number of amides is 1. The van der Waals surface area contributed by atoms with Gasteiger partial charge >= 0.3 is 0 Å². The van der Waals surface area contributed by atoms with E-state index in [9.17, 15) is 4.79 Å². The second kappa shape index (κ2) is 11.4. The van der Waals surface area contributed by atoms with Crippen molar-refractivity contribution >= 4 is 27.8 Å². The highest BCUT2D eigenvalue weighted by Crippen LogP contribution is 2.40. The first-order valence-corrected chi connectivity index (χ1v) is 11.3. The zero-order valence-corrected chi connectivity index (χ0v) is 20.7. The zero-order valence-electron chi connectivity index (χ0n) is 19.1. The Labute approximate surface area is 202 Å². The molecule has 0 spiro atoms.